The van der Waals surface area contributed by atoms with Crippen LogP contribution in [0.2, 0.25) is 0 Å². The van der Waals surface area contributed by atoms with Crippen molar-refractivity contribution in [1.29, 1.82) is 0 Å². The molecule has 0 aliphatic heterocycles. The summed E-state index contributed by atoms with van der Waals surface area (Å²) in [6, 6.07) is 31.4. The number of phenolic OH excluding ortho intramolecular Hbond substituents is 1. The molecule has 0 aromatic heterocycles. The molecule has 1 aliphatic carbocycles. The first-order valence-corrected chi connectivity index (χ1v) is 10.2. The van der Waals surface area contributed by atoms with E-state index in [1.54, 1.807) is 6.07 Å². The molecule has 0 amide bonds. The van der Waals surface area contributed by atoms with E-state index in [1.807, 2.05) is 18.2 Å². The average molecular weight is 427 g/mol. The second-order valence-electron chi connectivity index (χ2n) is 7.37. The lowest BCUT2D eigenvalue weighted by Gasteiger charge is -2.34. The van der Waals surface area contributed by atoms with E-state index in [4.69, 9.17) is 0 Å². The van der Waals surface area contributed by atoms with Gasteiger partial charge in [-0.1, -0.05) is 94.3 Å². The Labute approximate surface area is 173 Å². The Balaban J connectivity index is 2.00. The molecule has 1 aliphatic rings. The first-order chi connectivity index (χ1) is 13.6. The van der Waals surface area contributed by atoms with Crippen molar-refractivity contribution in [2.24, 2.45) is 0 Å². The molecule has 4 aromatic rings. The fourth-order valence-corrected chi connectivity index (χ4v) is 4.96. The number of aromatic hydroxyl groups is 1. The maximum Gasteiger partial charge on any atom is 0.120 e. The zero-order valence-corrected chi connectivity index (χ0v) is 17.1. The molecule has 0 heterocycles. The lowest BCUT2D eigenvalue weighted by atomic mass is 9.67. The molecule has 28 heavy (non-hydrogen) atoms. The van der Waals surface area contributed by atoms with Gasteiger partial charge in [-0.2, -0.15) is 0 Å². The first-order valence-electron chi connectivity index (χ1n) is 9.38. The normalized spacial score (nSPS) is 17.2. The van der Waals surface area contributed by atoms with E-state index in [-0.39, 0.29) is 0 Å². The largest absolute Gasteiger partial charge is 0.508 e. The van der Waals surface area contributed by atoms with E-state index < -0.39 is 5.41 Å². The van der Waals surface area contributed by atoms with Crippen molar-refractivity contribution in [1.82, 2.24) is 0 Å². The number of aryl methyl sites for hydroxylation is 1. The van der Waals surface area contributed by atoms with E-state index in [9.17, 15) is 5.11 Å². The number of rotatable bonds is 2. The van der Waals surface area contributed by atoms with Crippen LogP contribution in [-0.2, 0) is 5.41 Å². The highest BCUT2D eigenvalue weighted by atomic mass is 79.9. The smallest absolute Gasteiger partial charge is 0.120 e. The Morgan fingerprint density at radius 3 is 2.07 bits per heavy atom. The molecule has 1 N–H and O–H groups in total. The van der Waals surface area contributed by atoms with Crippen LogP contribution in [0.5, 0.6) is 5.75 Å². The topological polar surface area (TPSA) is 20.2 Å². The summed E-state index contributed by atoms with van der Waals surface area (Å²) >= 11 is 3.67. The van der Waals surface area contributed by atoms with E-state index in [0.29, 0.717) is 5.75 Å². The van der Waals surface area contributed by atoms with Crippen molar-refractivity contribution in [3.05, 3.63) is 123 Å². The third-order valence-corrected chi connectivity index (χ3v) is 6.29. The van der Waals surface area contributed by atoms with Crippen LogP contribution in [0.4, 0.5) is 0 Å². The second-order valence-corrected chi connectivity index (χ2v) is 8.28. The van der Waals surface area contributed by atoms with Gasteiger partial charge < -0.3 is 5.11 Å². The van der Waals surface area contributed by atoms with Gasteiger partial charge in [-0.15, -0.1) is 0 Å². The van der Waals surface area contributed by atoms with Crippen LogP contribution in [0.25, 0.3) is 11.1 Å². The van der Waals surface area contributed by atoms with Crippen LogP contribution in [0.3, 0.4) is 0 Å². The minimum Gasteiger partial charge on any atom is -0.508 e. The molecule has 1 unspecified atom stereocenters. The summed E-state index contributed by atoms with van der Waals surface area (Å²) in [5.74, 6) is 0.311. The third kappa shape index (κ3) is 2.31. The number of hydrogen-bond acceptors (Lipinski definition) is 1. The van der Waals surface area contributed by atoms with E-state index >= 15 is 0 Å². The van der Waals surface area contributed by atoms with Crippen molar-refractivity contribution in [3.63, 3.8) is 0 Å². The van der Waals surface area contributed by atoms with Crippen LogP contribution in [0.15, 0.2) is 95.5 Å². The Kier molecular flexibility index (Phi) is 3.92. The van der Waals surface area contributed by atoms with Crippen molar-refractivity contribution >= 4 is 15.9 Å². The van der Waals surface area contributed by atoms with Gasteiger partial charge in [0.2, 0.25) is 0 Å². The first kappa shape index (κ1) is 17.3. The summed E-state index contributed by atoms with van der Waals surface area (Å²) < 4.78 is 1.03. The fraction of sp³-hybridized carbons (Fsp3) is 0.0769. The number of benzene rings is 4. The highest BCUT2D eigenvalue weighted by Gasteiger charge is 2.47. The quantitative estimate of drug-likeness (QED) is 0.328. The van der Waals surface area contributed by atoms with Gasteiger partial charge in [0.25, 0.3) is 0 Å². The number of fused-ring (bicyclic) bond motifs is 3. The molecule has 4 aromatic carbocycles. The molecule has 0 fully saturated rings. The van der Waals surface area contributed by atoms with Crippen molar-refractivity contribution < 1.29 is 5.11 Å². The molecule has 0 radical (unpaired) electrons. The maximum atomic E-state index is 11.0. The molecule has 0 spiro atoms. The van der Waals surface area contributed by atoms with Gasteiger partial charge in [0.1, 0.15) is 5.75 Å². The summed E-state index contributed by atoms with van der Waals surface area (Å²) in [5.41, 5.74) is 7.54. The second kappa shape index (κ2) is 6.35. The summed E-state index contributed by atoms with van der Waals surface area (Å²) in [7, 11) is 0. The van der Waals surface area contributed by atoms with Gasteiger partial charge in [0.05, 0.1) is 5.41 Å². The molecule has 0 saturated heterocycles. The van der Waals surface area contributed by atoms with E-state index in [2.05, 4.69) is 89.6 Å². The fourth-order valence-electron chi connectivity index (χ4n) is 4.60. The van der Waals surface area contributed by atoms with Crippen LogP contribution >= 0.6 is 15.9 Å². The molecule has 5 rings (SSSR count). The van der Waals surface area contributed by atoms with E-state index in [0.717, 1.165) is 15.6 Å². The molecule has 1 nitrogen and oxygen atoms in total. The monoisotopic (exact) mass is 426 g/mol. The summed E-state index contributed by atoms with van der Waals surface area (Å²) in [6.45, 7) is 2.10. The average Bonchev–Trinajstić information content (AvgIpc) is 2.99. The Bertz CT molecular complexity index is 1190. The number of para-hydroxylation sites is 1. The number of phenols is 1. The molecule has 1 atom stereocenters. The molecule has 0 saturated carbocycles. The molecule has 136 valence electrons. The predicted octanol–water partition coefficient (Wildman–Crippen LogP) is 6.83. The van der Waals surface area contributed by atoms with Gasteiger partial charge in [-0.3, -0.25) is 0 Å². The van der Waals surface area contributed by atoms with Crippen molar-refractivity contribution in [2.75, 3.05) is 0 Å². The molecular formula is C26H19BrO. The highest BCUT2D eigenvalue weighted by Crippen LogP contribution is 2.57. The van der Waals surface area contributed by atoms with Crippen LogP contribution in [0.1, 0.15) is 27.8 Å². The maximum absolute atomic E-state index is 11.0. The van der Waals surface area contributed by atoms with Crippen molar-refractivity contribution in [2.45, 2.75) is 12.3 Å². The third-order valence-electron chi connectivity index (χ3n) is 5.80. The predicted molar refractivity (Wildman–Crippen MR) is 118 cm³/mol. The van der Waals surface area contributed by atoms with Crippen molar-refractivity contribution in [3.8, 4) is 16.9 Å². The van der Waals surface area contributed by atoms with E-state index in [1.165, 1.54) is 27.8 Å². The Morgan fingerprint density at radius 2 is 1.32 bits per heavy atom. The zero-order valence-electron chi connectivity index (χ0n) is 15.5. The Morgan fingerprint density at radius 1 is 0.679 bits per heavy atom. The van der Waals surface area contributed by atoms with Gasteiger partial charge in [-0.25, -0.2) is 0 Å². The number of halogens is 1. The molecule has 0 bridgehead atoms. The molecular weight excluding hydrogens is 408 g/mol. The summed E-state index contributed by atoms with van der Waals surface area (Å²) in [6.07, 6.45) is 0. The number of hydrogen-bond donors (Lipinski definition) is 1. The standard InChI is InChI=1S/C26H19BrO/c1-17-10-12-18(13-11-17)26(23-8-4-5-9-25(23)28)22-7-3-2-6-20(22)21-15-14-19(27)16-24(21)26/h2-16,28H,1H3. The van der Waals surface area contributed by atoms with Gasteiger partial charge in [0.15, 0.2) is 0 Å². The Hall–Kier alpha value is -2.84. The van der Waals surface area contributed by atoms with Gasteiger partial charge in [-0.05, 0) is 52.9 Å². The van der Waals surface area contributed by atoms with Crippen LogP contribution < -0.4 is 0 Å². The lowest BCUT2D eigenvalue weighted by Crippen LogP contribution is -2.28. The summed E-state index contributed by atoms with van der Waals surface area (Å²) in [5, 5.41) is 11.0. The van der Waals surface area contributed by atoms with Crippen LogP contribution in [-0.4, -0.2) is 5.11 Å². The zero-order chi connectivity index (χ0) is 19.3. The minimum absolute atomic E-state index is 0.311. The lowest BCUT2D eigenvalue weighted by molar-refractivity contribution is 0.461. The SMILES string of the molecule is Cc1ccc(C2(c3ccccc3O)c3ccccc3-c3ccc(Br)cc32)cc1. The summed E-state index contributed by atoms with van der Waals surface area (Å²) in [4.78, 5) is 0. The van der Waals surface area contributed by atoms with Gasteiger partial charge >= 0.3 is 0 Å². The van der Waals surface area contributed by atoms with Gasteiger partial charge in [0, 0.05) is 10.0 Å². The molecule has 2 heteroatoms. The minimum atomic E-state index is -0.561. The highest BCUT2D eigenvalue weighted by molar-refractivity contribution is 9.10. The van der Waals surface area contributed by atoms with Crippen LogP contribution in [0, 0.1) is 6.92 Å².